The van der Waals surface area contributed by atoms with E-state index >= 15 is 0 Å². The molecule has 0 atom stereocenters. The van der Waals surface area contributed by atoms with E-state index in [2.05, 4.69) is 32.1 Å². The third-order valence-electron chi connectivity index (χ3n) is 5.53. The van der Waals surface area contributed by atoms with Gasteiger partial charge in [0.1, 0.15) is 5.65 Å². The number of aromatic nitrogens is 4. The van der Waals surface area contributed by atoms with Crippen LogP contribution in [0.15, 0.2) is 35.8 Å². The van der Waals surface area contributed by atoms with Crippen LogP contribution in [-0.4, -0.2) is 50.1 Å². The molecule has 4 rings (SSSR count). The first-order valence-corrected chi connectivity index (χ1v) is 11.1. The Bertz CT molecular complexity index is 1060. The molecule has 1 aliphatic heterocycles. The van der Waals surface area contributed by atoms with Crippen molar-refractivity contribution in [2.24, 2.45) is 0 Å². The van der Waals surface area contributed by atoms with Gasteiger partial charge in [0.05, 0.1) is 0 Å². The SMILES string of the molecule is CSc1nc(C)c(CCC(=O)N2CC=C(c3c[nH]c4ncccc34)CC2)c(C)n1. The molecule has 0 saturated heterocycles. The van der Waals surface area contributed by atoms with E-state index in [0.29, 0.717) is 19.4 Å². The van der Waals surface area contributed by atoms with Crippen molar-refractivity contribution in [1.82, 2.24) is 24.8 Å². The van der Waals surface area contributed by atoms with Crippen molar-refractivity contribution in [2.75, 3.05) is 19.3 Å². The summed E-state index contributed by atoms with van der Waals surface area (Å²) in [4.78, 5) is 31.3. The minimum Gasteiger partial charge on any atom is -0.346 e. The normalized spacial score (nSPS) is 14.3. The van der Waals surface area contributed by atoms with Gasteiger partial charge in [-0.1, -0.05) is 17.8 Å². The summed E-state index contributed by atoms with van der Waals surface area (Å²) in [5, 5.41) is 1.93. The number of hydrogen-bond acceptors (Lipinski definition) is 5. The maximum atomic E-state index is 12.8. The molecular weight excluding hydrogens is 382 g/mol. The molecule has 1 aliphatic rings. The van der Waals surface area contributed by atoms with Crippen molar-refractivity contribution in [3.63, 3.8) is 0 Å². The number of hydrogen-bond donors (Lipinski definition) is 1. The van der Waals surface area contributed by atoms with Crippen molar-refractivity contribution in [3.8, 4) is 0 Å². The van der Waals surface area contributed by atoms with Gasteiger partial charge in [0.2, 0.25) is 5.91 Å². The predicted octanol–water partition coefficient (Wildman–Crippen LogP) is 3.94. The highest BCUT2D eigenvalue weighted by atomic mass is 32.2. The summed E-state index contributed by atoms with van der Waals surface area (Å²) in [5.74, 6) is 0.189. The van der Waals surface area contributed by atoms with E-state index in [1.807, 2.05) is 37.3 Å². The second-order valence-electron chi connectivity index (χ2n) is 7.28. The van der Waals surface area contributed by atoms with Gasteiger partial charge in [0.15, 0.2) is 5.16 Å². The van der Waals surface area contributed by atoms with Gasteiger partial charge in [-0.15, -0.1) is 0 Å². The predicted molar refractivity (Wildman–Crippen MR) is 117 cm³/mol. The van der Waals surface area contributed by atoms with Crippen LogP contribution in [0, 0.1) is 13.8 Å². The zero-order valence-corrected chi connectivity index (χ0v) is 17.8. The molecule has 29 heavy (non-hydrogen) atoms. The molecule has 0 aliphatic carbocycles. The van der Waals surface area contributed by atoms with E-state index in [-0.39, 0.29) is 5.91 Å². The number of rotatable bonds is 5. The topological polar surface area (TPSA) is 74.8 Å². The van der Waals surface area contributed by atoms with E-state index in [1.54, 1.807) is 18.0 Å². The van der Waals surface area contributed by atoms with E-state index in [9.17, 15) is 4.79 Å². The second kappa shape index (κ2) is 8.37. The number of fused-ring (bicyclic) bond motifs is 1. The number of nitrogens with one attached hydrogen (secondary N) is 1. The van der Waals surface area contributed by atoms with Crippen LogP contribution in [-0.2, 0) is 11.2 Å². The van der Waals surface area contributed by atoms with Gasteiger partial charge in [-0.05, 0) is 56.2 Å². The Morgan fingerprint density at radius 3 is 2.76 bits per heavy atom. The fraction of sp³-hybridized carbons (Fsp3) is 0.364. The molecular formula is C22H25N5OS. The van der Waals surface area contributed by atoms with E-state index < -0.39 is 0 Å². The molecule has 0 fully saturated rings. The zero-order valence-electron chi connectivity index (χ0n) is 17.0. The second-order valence-corrected chi connectivity index (χ2v) is 8.05. The lowest BCUT2D eigenvalue weighted by atomic mass is 9.99. The maximum Gasteiger partial charge on any atom is 0.223 e. The molecule has 1 N–H and O–H groups in total. The van der Waals surface area contributed by atoms with Gasteiger partial charge >= 0.3 is 0 Å². The van der Waals surface area contributed by atoms with Gasteiger partial charge in [0, 0.05) is 54.2 Å². The number of aromatic amines is 1. The molecule has 0 aromatic carbocycles. The number of amides is 1. The third-order valence-corrected chi connectivity index (χ3v) is 6.08. The van der Waals surface area contributed by atoms with Crippen molar-refractivity contribution in [2.45, 2.75) is 38.3 Å². The standard InChI is InChI=1S/C22H25N5OS/c1-14-17(15(2)26-22(25-14)29-3)6-7-20(28)27-11-8-16(9-12-27)19-13-24-21-18(19)5-4-10-23-21/h4-5,8,10,13H,6-7,9,11-12H2,1-3H3,(H,23,24). The van der Waals surface area contributed by atoms with Crippen LogP contribution in [0.25, 0.3) is 16.6 Å². The number of H-pyrrole nitrogens is 1. The number of carbonyl (C=O) groups excluding carboxylic acids is 1. The Labute approximate surface area is 174 Å². The van der Waals surface area contributed by atoms with Crippen molar-refractivity contribution >= 4 is 34.3 Å². The minimum atomic E-state index is 0.189. The van der Waals surface area contributed by atoms with Crippen LogP contribution in [0.5, 0.6) is 0 Å². The van der Waals surface area contributed by atoms with Crippen molar-refractivity contribution in [1.29, 1.82) is 0 Å². The maximum absolute atomic E-state index is 12.8. The summed E-state index contributed by atoms with van der Waals surface area (Å²) in [6.45, 7) is 5.40. The van der Waals surface area contributed by atoms with E-state index in [0.717, 1.165) is 46.1 Å². The van der Waals surface area contributed by atoms with Crippen molar-refractivity contribution in [3.05, 3.63) is 53.1 Å². The molecule has 1 amide bonds. The first-order chi connectivity index (χ1) is 14.1. The lowest BCUT2D eigenvalue weighted by Gasteiger charge is -2.26. The van der Waals surface area contributed by atoms with Gasteiger partial charge < -0.3 is 9.88 Å². The van der Waals surface area contributed by atoms with Crippen molar-refractivity contribution < 1.29 is 4.79 Å². The highest BCUT2D eigenvalue weighted by molar-refractivity contribution is 7.98. The molecule has 0 spiro atoms. The minimum absolute atomic E-state index is 0.189. The number of nitrogens with zero attached hydrogens (tertiary/aromatic N) is 4. The van der Waals surface area contributed by atoms with Gasteiger partial charge in [-0.3, -0.25) is 4.79 Å². The Hall–Kier alpha value is -2.67. The molecule has 7 heteroatoms. The molecule has 3 aromatic heterocycles. The lowest BCUT2D eigenvalue weighted by Crippen LogP contribution is -2.34. The quantitative estimate of drug-likeness (QED) is 0.512. The first kappa shape index (κ1) is 19.6. The van der Waals surface area contributed by atoms with E-state index in [1.165, 1.54) is 11.1 Å². The Kier molecular flexibility index (Phi) is 5.67. The third kappa shape index (κ3) is 4.05. The molecule has 150 valence electrons. The van der Waals surface area contributed by atoms with Gasteiger partial charge in [-0.25, -0.2) is 15.0 Å². The first-order valence-electron chi connectivity index (χ1n) is 9.84. The summed E-state index contributed by atoms with van der Waals surface area (Å²) >= 11 is 1.54. The Morgan fingerprint density at radius 2 is 2.07 bits per heavy atom. The molecule has 6 nitrogen and oxygen atoms in total. The monoisotopic (exact) mass is 407 g/mol. The summed E-state index contributed by atoms with van der Waals surface area (Å²) < 4.78 is 0. The average molecular weight is 408 g/mol. The number of pyridine rings is 1. The number of aryl methyl sites for hydroxylation is 2. The smallest absolute Gasteiger partial charge is 0.223 e. The fourth-order valence-electron chi connectivity index (χ4n) is 3.91. The highest BCUT2D eigenvalue weighted by Crippen LogP contribution is 2.28. The van der Waals surface area contributed by atoms with Crippen LogP contribution in [0.1, 0.15) is 35.4 Å². The van der Waals surface area contributed by atoms with Crippen LogP contribution < -0.4 is 0 Å². The summed E-state index contributed by atoms with van der Waals surface area (Å²) in [6.07, 6.45) is 9.99. The molecule has 0 saturated carbocycles. The zero-order chi connectivity index (χ0) is 20.4. The van der Waals surface area contributed by atoms with Crippen LogP contribution >= 0.6 is 11.8 Å². The Balaban J connectivity index is 1.40. The molecule has 4 heterocycles. The number of carbonyl (C=O) groups is 1. The Morgan fingerprint density at radius 1 is 1.28 bits per heavy atom. The fourth-order valence-corrected chi connectivity index (χ4v) is 4.37. The largest absolute Gasteiger partial charge is 0.346 e. The summed E-state index contributed by atoms with van der Waals surface area (Å²) in [6, 6.07) is 4.04. The number of thioether (sulfide) groups is 1. The molecule has 0 radical (unpaired) electrons. The van der Waals surface area contributed by atoms with Crippen LogP contribution in [0.3, 0.4) is 0 Å². The molecule has 0 bridgehead atoms. The lowest BCUT2D eigenvalue weighted by molar-refractivity contribution is -0.130. The average Bonchev–Trinajstić information content (AvgIpc) is 3.17. The van der Waals surface area contributed by atoms with Gasteiger partial charge in [-0.2, -0.15) is 0 Å². The van der Waals surface area contributed by atoms with Crippen LogP contribution in [0.4, 0.5) is 0 Å². The van der Waals surface area contributed by atoms with Gasteiger partial charge in [0.25, 0.3) is 0 Å². The highest BCUT2D eigenvalue weighted by Gasteiger charge is 2.20. The summed E-state index contributed by atoms with van der Waals surface area (Å²) in [7, 11) is 0. The van der Waals surface area contributed by atoms with Crippen LogP contribution in [0.2, 0.25) is 0 Å². The van der Waals surface area contributed by atoms with E-state index in [4.69, 9.17) is 0 Å². The molecule has 3 aromatic rings. The summed E-state index contributed by atoms with van der Waals surface area (Å²) in [5.41, 5.74) is 6.42. The molecule has 0 unspecified atom stereocenters.